The summed E-state index contributed by atoms with van der Waals surface area (Å²) >= 11 is 1.64. The van der Waals surface area contributed by atoms with Crippen molar-refractivity contribution in [3.8, 4) is 0 Å². The minimum atomic E-state index is -0.980. The molecule has 0 bridgehead atoms. The average Bonchev–Trinajstić information content (AvgIpc) is 2.51. The SMILES string of the molecule is CSCC[C@@](C)(O)CNC(=O)C(=O)NCCC1=CCCCC1. The summed E-state index contributed by atoms with van der Waals surface area (Å²) in [6.45, 7) is 2.24. The molecule has 0 fully saturated rings. The molecule has 5 nitrogen and oxygen atoms in total. The Morgan fingerprint density at radius 2 is 2.05 bits per heavy atom. The van der Waals surface area contributed by atoms with Crippen LogP contribution >= 0.6 is 11.8 Å². The van der Waals surface area contributed by atoms with Crippen LogP contribution in [0.5, 0.6) is 0 Å². The number of hydrogen-bond acceptors (Lipinski definition) is 4. The van der Waals surface area contributed by atoms with E-state index < -0.39 is 17.4 Å². The van der Waals surface area contributed by atoms with Crippen LogP contribution in [0.4, 0.5) is 0 Å². The molecule has 0 radical (unpaired) electrons. The second kappa shape index (κ2) is 9.90. The van der Waals surface area contributed by atoms with Gasteiger partial charge in [-0.15, -0.1) is 0 Å². The maximum Gasteiger partial charge on any atom is 0.309 e. The molecule has 1 rings (SSSR count). The number of rotatable bonds is 8. The van der Waals surface area contributed by atoms with E-state index in [-0.39, 0.29) is 6.54 Å². The van der Waals surface area contributed by atoms with Crippen molar-refractivity contribution < 1.29 is 14.7 Å². The Balaban J connectivity index is 2.21. The van der Waals surface area contributed by atoms with Gasteiger partial charge in [0, 0.05) is 13.1 Å². The van der Waals surface area contributed by atoms with Gasteiger partial charge in [-0.05, 0) is 57.5 Å². The van der Waals surface area contributed by atoms with E-state index in [4.69, 9.17) is 0 Å². The number of thioether (sulfide) groups is 1. The lowest BCUT2D eigenvalue weighted by atomic mass is 9.97. The van der Waals surface area contributed by atoms with Gasteiger partial charge in [0.1, 0.15) is 0 Å². The molecular weight excluding hydrogens is 300 g/mol. The molecule has 0 saturated heterocycles. The highest BCUT2D eigenvalue weighted by Gasteiger charge is 2.22. The quantitative estimate of drug-likeness (QED) is 0.467. The molecule has 1 aliphatic carbocycles. The zero-order valence-electron chi connectivity index (χ0n) is 13.6. The Hall–Kier alpha value is -1.01. The van der Waals surface area contributed by atoms with E-state index in [9.17, 15) is 14.7 Å². The van der Waals surface area contributed by atoms with Crippen LogP contribution in [0.25, 0.3) is 0 Å². The first-order valence-corrected chi connectivity index (χ1v) is 9.29. The van der Waals surface area contributed by atoms with Crippen LogP contribution in [-0.2, 0) is 9.59 Å². The van der Waals surface area contributed by atoms with Crippen molar-refractivity contribution in [3.05, 3.63) is 11.6 Å². The fourth-order valence-corrected chi connectivity index (χ4v) is 2.95. The first-order chi connectivity index (χ1) is 10.4. The highest BCUT2D eigenvalue weighted by molar-refractivity contribution is 7.98. The highest BCUT2D eigenvalue weighted by Crippen LogP contribution is 2.19. The van der Waals surface area contributed by atoms with Crippen LogP contribution in [0.2, 0.25) is 0 Å². The second-order valence-corrected chi connectivity index (χ2v) is 7.02. The molecule has 126 valence electrons. The summed E-state index contributed by atoms with van der Waals surface area (Å²) in [7, 11) is 0. The number of carbonyl (C=O) groups is 2. The molecule has 0 spiro atoms. The minimum absolute atomic E-state index is 0.0883. The normalized spacial score (nSPS) is 17.3. The first kappa shape index (κ1) is 19.0. The van der Waals surface area contributed by atoms with Crippen LogP contribution in [0.1, 0.15) is 45.4 Å². The van der Waals surface area contributed by atoms with Crippen LogP contribution in [0.3, 0.4) is 0 Å². The Labute approximate surface area is 137 Å². The van der Waals surface area contributed by atoms with Gasteiger partial charge < -0.3 is 15.7 Å². The van der Waals surface area contributed by atoms with E-state index >= 15 is 0 Å². The van der Waals surface area contributed by atoms with Crippen molar-refractivity contribution in [1.29, 1.82) is 0 Å². The highest BCUT2D eigenvalue weighted by atomic mass is 32.2. The third kappa shape index (κ3) is 7.84. The van der Waals surface area contributed by atoms with Gasteiger partial charge >= 0.3 is 11.8 Å². The molecule has 6 heteroatoms. The molecule has 0 saturated carbocycles. The molecular formula is C16H28N2O3S. The van der Waals surface area contributed by atoms with Gasteiger partial charge in [-0.1, -0.05) is 11.6 Å². The van der Waals surface area contributed by atoms with Gasteiger partial charge in [0.2, 0.25) is 0 Å². The molecule has 1 aliphatic rings. The van der Waals surface area contributed by atoms with Gasteiger partial charge in [-0.25, -0.2) is 0 Å². The van der Waals surface area contributed by atoms with Crippen molar-refractivity contribution in [2.24, 2.45) is 0 Å². The molecule has 0 aromatic heterocycles. The third-order valence-corrected chi connectivity index (χ3v) is 4.41. The monoisotopic (exact) mass is 328 g/mol. The summed E-state index contributed by atoms with van der Waals surface area (Å²) in [6.07, 6.45) is 10.3. The zero-order valence-corrected chi connectivity index (χ0v) is 14.4. The maximum atomic E-state index is 11.7. The van der Waals surface area contributed by atoms with Crippen molar-refractivity contribution in [1.82, 2.24) is 10.6 Å². The fourth-order valence-electron chi connectivity index (χ4n) is 2.31. The topological polar surface area (TPSA) is 78.4 Å². The van der Waals surface area contributed by atoms with E-state index in [1.807, 2.05) is 6.26 Å². The lowest BCUT2D eigenvalue weighted by Crippen LogP contribution is -2.46. The number of amides is 2. The van der Waals surface area contributed by atoms with Crippen LogP contribution in [-0.4, -0.2) is 47.6 Å². The number of allylic oxidation sites excluding steroid dienone is 1. The van der Waals surface area contributed by atoms with Gasteiger partial charge in [0.05, 0.1) is 5.60 Å². The lowest BCUT2D eigenvalue weighted by Gasteiger charge is -2.23. The summed E-state index contributed by atoms with van der Waals surface area (Å²) < 4.78 is 0. The van der Waals surface area contributed by atoms with Crippen LogP contribution < -0.4 is 10.6 Å². The summed E-state index contributed by atoms with van der Waals surface area (Å²) in [6, 6.07) is 0. The van der Waals surface area contributed by atoms with Gasteiger partial charge in [-0.2, -0.15) is 11.8 Å². The summed E-state index contributed by atoms with van der Waals surface area (Å²) in [5.74, 6) is -0.497. The molecule has 0 heterocycles. The Morgan fingerprint density at radius 3 is 2.68 bits per heavy atom. The van der Waals surface area contributed by atoms with Crippen molar-refractivity contribution in [2.75, 3.05) is 25.1 Å². The van der Waals surface area contributed by atoms with Gasteiger partial charge in [-0.3, -0.25) is 9.59 Å². The number of carbonyl (C=O) groups excluding carboxylic acids is 2. The predicted octanol–water partition coefficient (Wildman–Crippen LogP) is 1.61. The third-order valence-electron chi connectivity index (χ3n) is 3.80. The second-order valence-electron chi connectivity index (χ2n) is 6.04. The molecule has 1 atom stereocenters. The van der Waals surface area contributed by atoms with Gasteiger partial charge in [0.25, 0.3) is 0 Å². The first-order valence-electron chi connectivity index (χ1n) is 7.90. The van der Waals surface area contributed by atoms with E-state index in [2.05, 4.69) is 16.7 Å². The predicted molar refractivity (Wildman–Crippen MR) is 90.8 cm³/mol. The van der Waals surface area contributed by atoms with Crippen molar-refractivity contribution in [3.63, 3.8) is 0 Å². The number of hydrogen-bond donors (Lipinski definition) is 3. The minimum Gasteiger partial charge on any atom is -0.388 e. The zero-order chi connectivity index (χ0) is 16.4. The summed E-state index contributed by atoms with van der Waals surface area (Å²) in [5, 5.41) is 15.2. The van der Waals surface area contributed by atoms with Gasteiger partial charge in [0.15, 0.2) is 0 Å². The van der Waals surface area contributed by atoms with Crippen LogP contribution in [0, 0.1) is 0 Å². The van der Waals surface area contributed by atoms with Crippen LogP contribution in [0.15, 0.2) is 11.6 Å². The summed E-state index contributed by atoms with van der Waals surface area (Å²) in [4.78, 5) is 23.4. The number of nitrogens with one attached hydrogen (secondary N) is 2. The van der Waals surface area contributed by atoms with E-state index in [0.29, 0.717) is 13.0 Å². The largest absolute Gasteiger partial charge is 0.388 e. The average molecular weight is 328 g/mol. The molecule has 0 aliphatic heterocycles. The van der Waals surface area contributed by atoms with Crippen molar-refractivity contribution >= 4 is 23.6 Å². The maximum absolute atomic E-state index is 11.7. The Morgan fingerprint density at radius 1 is 1.32 bits per heavy atom. The van der Waals surface area contributed by atoms with E-state index in [0.717, 1.165) is 25.0 Å². The molecule has 2 amide bonds. The fraction of sp³-hybridized carbons (Fsp3) is 0.750. The molecule has 22 heavy (non-hydrogen) atoms. The Kier molecular flexibility index (Phi) is 8.56. The van der Waals surface area contributed by atoms with Crippen molar-refractivity contribution in [2.45, 2.75) is 51.0 Å². The van der Waals surface area contributed by atoms with E-state index in [1.165, 1.54) is 18.4 Å². The standard InChI is InChI=1S/C16H28N2O3S/c1-16(21,9-11-22-2)12-18-15(20)14(19)17-10-8-13-6-4-3-5-7-13/h6,21H,3-5,7-12H2,1-2H3,(H,17,19)(H,18,20)/t16-/m1/s1. The molecule has 0 aromatic rings. The Bertz CT molecular complexity index is 408. The lowest BCUT2D eigenvalue weighted by molar-refractivity contribution is -0.139. The smallest absolute Gasteiger partial charge is 0.309 e. The number of aliphatic hydroxyl groups is 1. The molecule has 0 aromatic carbocycles. The molecule has 0 unspecified atom stereocenters. The van der Waals surface area contributed by atoms with E-state index in [1.54, 1.807) is 18.7 Å². The summed E-state index contributed by atoms with van der Waals surface area (Å²) in [5.41, 5.74) is 0.387. The molecule has 3 N–H and O–H groups in total.